The minimum Gasteiger partial charge on any atom is -0.426 e. The number of ketones is 1. The van der Waals surface area contributed by atoms with Crippen LogP contribution in [0, 0.1) is 5.92 Å². The van der Waals surface area contributed by atoms with Crippen LogP contribution in [-0.4, -0.2) is 11.8 Å². The molecule has 1 atom stereocenters. The largest absolute Gasteiger partial charge is 0.426 e. The van der Waals surface area contributed by atoms with Crippen LogP contribution in [0.15, 0.2) is 30.3 Å². The number of carbonyl (C=O) groups is 2. The third-order valence-corrected chi connectivity index (χ3v) is 2.31. The standard InChI is InChI=1S/C13H16O3/c1-3-7-12(10(2)14)13(15)16-11-8-5-4-6-9-11/h4-6,8-9,12H,3,7H2,1-2H3. The van der Waals surface area contributed by atoms with E-state index in [0.29, 0.717) is 12.2 Å². The highest BCUT2D eigenvalue weighted by molar-refractivity contribution is 5.98. The number of carbonyl (C=O) groups excluding carboxylic acids is 2. The van der Waals surface area contributed by atoms with Crippen molar-refractivity contribution in [3.05, 3.63) is 30.3 Å². The van der Waals surface area contributed by atoms with Crippen LogP contribution < -0.4 is 4.74 Å². The average Bonchev–Trinajstić information content (AvgIpc) is 2.26. The molecule has 0 aliphatic carbocycles. The molecule has 1 unspecified atom stereocenters. The average molecular weight is 220 g/mol. The predicted molar refractivity (Wildman–Crippen MR) is 61.2 cm³/mol. The zero-order valence-electron chi connectivity index (χ0n) is 9.60. The van der Waals surface area contributed by atoms with Crippen molar-refractivity contribution in [2.45, 2.75) is 26.7 Å². The van der Waals surface area contributed by atoms with Crippen molar-refractivity contribution in [3.8, 4) is 5.75 Å². The molecule has 0 bridgehead atoms. The summed E-state index contributed by atoms with van der Waals surface area (Å²) in [4.78, 5) is 23.0. The Morgan fingerprint density at radius 2 is 1.88 bits per heavy atom. The van der Waals surface area contributed by atoms with Gasteiger partial charge in [-0.25, -0.2) is 0 Å². The molecular weight excluding hydrogens is 204 g/mol. The van der Waals surface area contributed by atoms with Crippen LogP contribution in [0.5, 0.6) is 5.75 Å². The van der Waals surface area contributed by atoms with Crippen LogP contribution in [0.25, 0.3) is 0 Å². The molecule has 3 heteroatoms. The van der Waals surface area contributed by atoms with E-state index >= 15 is 0 Å². The van der Waals surface area contributed by atoms with Gasteiger partial charge in [0.15, 0.2) is 0 Å². The van der Waals surface area contributed by atoms with E-state index in [2.05, 4.69) is 0 Å². The molecule has 0 saturated heterocycles. The predicted octanol–water partition coefficient (Wildman–Crippen LogP) is 2.60. The molecule has 16 heavy (non-hydrogen) atoms. The van der Waals surface area contributed by atoms with Crippen molar-refractivity contribution in [2.75, 3.05) is 0 Å². The summed E-state index contributed by atoms with van der Waals surface area (Å²) >= 11 is 0. The van der Waals surface area contributed by atoms with Gasteiger partial charge < -0.3 is 4.74 Å². The maximum absolute atomic E-state index is 11.7. The van der Waals surface area contributed by atoms with Crippen molar-refractivity contribution in [3.63, 3.8) is 0 Å². The van der Waals surface area contributed by atoms with Crippen molar-refractivity contribution in [2.24, 2.45) is 5.92 Å². The first-order chi connectivity index (χ1) is 7.65. The lowest BCUT2D eigenvalue weighted by molar-refractivity contribution is -0.143. The second-order valence-electron chi connectivity index (χ2n) is 3.69. The summed E-state index contributed by atoms with van der Waals surface area (Å²) in [5.41, 5.74) is 0. The zero-order chi connectivity index (χ0) is 12.0. The molecule has 0 aliphatic rings. The molecule has 1 aromatic carbocycles. The van der Waals surface area contributed by atoms with E-state index in [-0.39, 0.29) is 5.78 Å². The highest BCUT2D eigenvalue weighted by Crippen LogP contribution is 2.14. The quantitative estimate of drug-likeness (QED) is 0.435. The van der Waals surface area contributed by atoms with Crippen molar-refractivity contribution in [1.29, 1.82) is 0 Å². The van der Waals surface area contributed by atoms with Crippen molar-refractivity contribution in [1.82, 2.24) is 0 Å². The first kappa shape index (κ1) is 12.4. The van der Waals surface area contributed by atoms with Gasteiger partial charge in [-0.15, -0.1) is 0 Å². The number of benzene rings is 1. The topological polar surface area (TPSA) is 43.4 Å². The number of esters is 1. The van der Waals surface area contributed by atoms with Gasteiger partial charge in [0.05, 0.1) is 0 Å². The van der Waals surface area contributed by atoms with Crippen molar-refractivity contribution < 1.29 is 14.3 Å². The molecule has 0 aromatic heterocycles. The van der Waals surface area contributed by atoms with Gasteiger partial charge in [0.2, 0.25) is 0 Å². The maximum atomic E-state index is 11.7. The lowest BCUT2D eigenvalue weighted by Crippen LogP contribution is -2.26. The van der Waals surface area contributed by atoms with Gasteiger partial charge in [-0.2, -0.15) is 0 Å². The minimum absolute atomic E-state index is 0.136. The summed E-state index contributed by atoms with van der Waals surface area (Å²) in [7, 11) is 0. The third-order valence-electron chi connectivity index (χ3n) is 2.31. The van der Waals surface area contributed by atoms with E-state index in [1.165, 1.54) is 6.92 Å². The zero-order valence-corrected chi connectivity index (χ0v) is 9.60. The fraction of sp³-hybridized carbons (Fsp3) is 0.385. The molecule has 3 nitrogen and oxygen atoms in total. The Labute approximate surface area is 95.4 Å². The summed E-state index contributed by atoms with van der Waals surface area (Å²) < 4.78 is 5.13. The normalized spacial score (nSPS) is 11.9. The molecule has 0 fully saturated rings. The number of Topliss-reactive ketones (excluding diaryl/α,β-unsaturated/α-hetero) is 1. The molecule has 0 N–H and O–H groups in total. The Hall–Kier alpha value is -1.64. The van der Waals surface area contributed by atoms with Gasteiger partial charge in [0.25, 0.3) is 0 Å². The van der Waals surface area contributed by atoms with E-state index in [1.807, 2.05) is 13.0 Å². The molecule has 0 spiro atoms. The van der Waals surface area contributed by atoms with Crippen LogP contribution in [0.1, 0.15) is 26.7 Å². The smallest absolute Gasteiger partial charge is 0.321 e. The fourth-order valence-electron chi connectivity index (χ4n) is 1.45. The summed E-state index contributed by atoms with van der Waals surface area (Å²) in [6.45, 7) is 3.36. The number of hydrogen-bond donors (Lipinski definition) is 0. The van der Waals surface area contributed by atoms with Gasteiger partial charge >= 0.3 is 5.97 Å². The Kier molecular flexibility index (Phi) is 4.70. The van der Waals surface area contributed by atoms with E-state index in [1.54, 1.807) is 24.3 Å². The summed E-state index contributed by atoms with van der Waals surface area (Å²) in [5, 5.41) is 0. The summed E-state index contributed by atoms with van der Waals surface area (Å²) in [6.07, 6.45) is 1.33. The Morgan fingerprint density at radius 3 is 2.38 bits per heavy atom. The SMILES string of the molecule is CCCC(C(C)=O)C(=O)Oc1ccccc1. The van der Waals surface area contributed by atoms with E-state index in [4.69, 9.17) is 4.74 Å². The summed E-state index contributed by atoms with van der Waals surface area (Å²) in [6, 6.07) is 8.80. The van der Waals surface area contributed by atoms with Gasteiger partial charge in [0, 0.05) is 0 Å². The molecule has 0 heterocycles. The van der Waals surface area contributed by atoms with E-state index in [9.17, 15) is 9.59 Å². The lowest BCUT2D eigenvalue weighted by atomic mass is 10.00. The lowest BCUT2D eigenvalue weighted by Gasteiger charge is -2.11. The Morgan fingerprint density at radius 1 is 1.25 bits per heavy atom. The molecule has 86 valence electrons. The Bertz CT molecular complexity index is 357. The molecule has 0 aliphatic heterocycles. The number of para-hydroxylation sites is 1. The highest BCUT2D eigenvalue weighted by Gasteiger charge is 2.24. The number of hydrogen-bond acceptors (Lipinski definition) is 3. The van der Waals surface area contributed by atoms with Crippen LogP contribution in [-0.2, 0) is 9.59 Å². The maximum Gasteiger partial charge on any atom is 0.321 e. The van der Waals surface area contributed by atoms with Crippen molar-refractivity contribution >= 4 is 11.8 Å². The van der Waals surface area contributed by atoms with E-state index in [0.717, 1.165) is 6.42 Å². The van der Waals surface area contributed by atoms with Gasteiger partial charge in [-0.1, -0.05) is 31.5 Å². The highest BCUT2D eigenvalue weighted by atomic mass is 16.5. The molecule has 0 saturated carbocycles. The second kappa shape index (κ2) is 6.05. The first-order valence-corrected chi connectivity index (χ1v) is 5.42. The molecule has 1 rings (SSSR count). The monoisotopic (exact) mass is 220 g/mol. The van der Waals surface area contributed by atoms with Crippen LogP contribution in [0.2, 0.25) is 0 Å². The van der Waals surface area contributed by atoms with E-state index < -0.39 is 11.9 Å². The van der Waals surface area contributed by atoms with Gasteiger partial charge in [-0.3, -0.25) is 9.59 Å². The molecule has 0 radical (unpaired) electrons. The van der Waals surface area contributed by atoms with Gasteiger partial charge in [0.1, 0.15) is 17.5 Å². The van der Waals surface area contributed by atoms with Crippen LogP contribution >= 0.6 is 0 Å². The molecule has 1 aromatic rings. The minimum atomic E-state index is -0.634. The van der Waals surface area contributed by atoms with Crippen LogP contribution in [0.4, 0.5) is 0 Å². The fourth-order valence-corrected chi connectivity index (χ4v) is 1.45. The third kappa shape index (κ3) is 3.50. The number of rotatable bonds is 5. The summed E-state index contributed by atoms with van der Waals surface area (Å²) in [5.74, 6) is -0.747. The van der Waals surface area contributed by atoms with Gasteiger partial charge in [-0.05, 0) is 25.5 Å². The number of ether oxygens (including phenoxy) is 1. The van der Waals surface area contributed by atoms with Crippen LogP contribution in [0.3, 0.4) is 0 Å². The second-order valence-corrected chi connectivity index (χ2v) is 3.69. The molecule has 0 amide bonds. The molecular formula is C13H16O3. The Balaban J connectivity index is 2.66. The first-order valence-electron chi connectivity index (χ1n) is 5.42.